The van der Waals surface area contributed by atoms with Crippen molar-refractivity contribution in [2.75, 3.05) is 24.2 Å². The predicted octanol–water partition coefficient (Wildman–Crippen LogP) is 2.66. The zero-order valence-corrected chi connectivity index (χ0v) is 13.2. The van der Waals surface area contributed by atoms with Crippen molar-refractivity contribution in [1.82, 2.24) is 4.98 Å². The van der Waals surface area contributed by atoms with E-state index < -0.39 is 0 Å². The molecule has 4 N–H and O–H groups in total. The number of anilines is 2. The molecule has 1 fully saturated rings. The van der Waals surface area contributed by atoms with E-state index in [1.165, 1.54) is 12.8 Å². The lowest BCUT2D eigenvalue weighted by atomic mass is 9.97. The normalized spacial score (nSPS) is 22.3. The number of rotatable bonds is 5. The molecule has 1 aromatic heterocycles. The van der Waals surface area contributed by atoms with Crippen LogP contribution in [0.2, 0.25) is 0 Å². The molecule has 5 heteroatoms. The Labute approximate surface area is 126 Å². The van der Waals surface area contributed by atoms with Crippen LogP contribution in [0.1, 0.15) is 40.0 Å². The fourth-order valence-electron chi connectivity index (χ4n) is 2.78. The van der Waals surface area contributed by atoms with Gasteiger partial charge in [0.1, 0.15) is 11.4 Å². The molecule has 118 valence electrons. The van der Waals surface area contributed by atoms with E-state index in [4.69, 9.17) is 10.5 Å². The minimum atomic E-state index is -0.326. The molecule has 2 rings (SSSR count). The molecule has 21 heavy (non-hydrogen) atoms. The Morgan fingerprint density at radius 2 is 2.05 bits per heavy atom. The van der Waals surface area contributed by atoms with Crippen LogP contribution in [0.3, 0.4) is 0 Å². The minimum absolute atomic E-state index is 0.278. The molecule has 2 unspecified atom stereocenters. The number of nitrogens with zero attached hydrogens (tertiary/aromatic N) is 1. The number of nitrogen functional groups attached to an aromatic ring is 1. The van der Waals surface area contributed by atoms with Gasteiger partial charge in [-0.05, 0) is 57.6 Å². The molecule has 5 nitrogen and oxygen atoms in total. The van der Waals surface area contributed by atoms with E-state index in [1.54, 1.807) is 0 Å². The average Bonchev–Trinajstić information content (AvgIpc) is 2.85. The summed E-state index contributed by atoms with van der Waals surface area (Å²) < 4.78 is 5.77. The van der Waals surface area contributed by atoms with Gasteiger partial charge in [-0.15, -0.1) is 0 Å². The van der Waals surface area contributed by atoms with E-state index in [-0.39, 0.29) is 12.2 Å². The van der Waals surface area contributed by atoms with Crippen molar-refractivity contribution in [1.29, 1.82) is 0 Å². The lowest BCUT2D eigenvalue weighted by molar-refractivity contribution is 0.125. The molecule has 1 aliphatic rings. The van der Waals surface area contributed by atoms with E-state index in [9.17, 15) is 5.11 Å². The molecule has 1 aromatic rings. The Balaban J connectivity index is 1.99. The number of aliphatic hydroxyl groups is 1. The third-order valence-corrected chi connectivity index (χ3v) is 3.89. The Hall–Kier alpha value is -1.49. The first kappa shape index (κ1) is 15.9. The van der Waals surface area contributed by atoms with Crippen molar-refractivity contribution < 1.29 is 9.84 Å². The zero-order chi connectivity index (χ0) is 15.5. The Morgan fingerprint density at radius 1 is 1.33 bits per heavy atom. The standard InChI is InChI=1S/C16H27N3O2/c1-16(2,3)21-15-13(17)7-8-14(19-15)18-9-11-5-4-6-12(11)10-20/h7-8,11-12,20H,4-6,9-10,17H2,1-3H3,(H,18,19). The number of aliphatic hydroxyl groups excluding tert-OH is 1. The quantitative estimate of drug-likeness (QED) is 0.777. The van der Waals surface area contributed by atoms with E-state index in [2.05, 4.69) is 10.3 Å². The van der Waals surface area contributed by atoms with E-state index in [0.717, 1.165) is 18.8 Å². The number of aromatic nitrogens is 1. The molecule has 0 amide bonds. The van der Waals surface area contributed by atoms with E-state index in [1.807, 2.05) is 32.9 Å². The van der Waals surface area contributed by atoms with Crippen LogP contribution in [-0.4, -0.2) is 28.8 Å². The van der Waals surface area contributed by atoms with Gasteiger partial charge in [-0.2, -0.15) is 4.98 Å². The molecule has 0 aliphatic heterocycles. The van der Waals surface area contributed by atoms with Crippen molar-refractivity contribution in [2.24, 2.45) is 11.8 Å². The summed E-state index contributed by atoms with van der Waals surface area (Å²) in [6.45, 7) is 7.02. The van der Waals surface area contributed by atoms with Gasteiger partial charge in [0.15, 0.2) is 0 Å². The summed E-state index contributed by atoms with van der Waals surface area (Å²) in [6.07, 6.45) is 3.49. The second-order valence-electron chi connectivity index (χ2n) is 6.82. The van der Waals surface area contributed by atoms with Gasteiger partial charge in [0.2, 0.25) is 5.88 Å². The Kier molecular flexibility index (Phi) is 4.93. The highest BCUT2D eigenvalue weighted by atomic mass is 16.5. The fraction of sp³-hybridized carbons (Fsp3) is 0.688. The molecule has 0 spiro atoms. The summed E-state index contributed by atoms with van der Waals surface area (Å²) in [6, 6.07) is 3.68. The predicted molar refractivity (Wildman–Crippen MR) is 85.4 cm³/mol. The topological polar surface area (TPSA) is 80.4 Å². The molecule has 0 saturated heterocycles. The van der Waals surface area contributed by atoms with Gasteiger partial charge in [-0.25, -0.2) is 0 Å². The first-order valence-electron chi connectivity index (χ1n) is 7.69. The Morgan fingerprint density at radius 3 is 2.71 bits per heavy atom. The summed E-state index contributed by atoms with van der Waals surface area (Å²) in [5.74, 6) is 2.17. The van der Waals surface area contributed by atoms with Gasteiger partial charge in [0, 0.05) is 13.2 Å². The molecular formula is C16H27N3O2. The van der Waals surface area contributed by atoms with Gasteiger partial charge in [0.25, 0.3) is 0 Å². The van der Waals surface area contributed by atoms with Gasteiger partial charge in [0.05, 0.1) is 5.69 Å². The first-order chi connectivity index (χ1) is 9.89. The summed E-state index contributed by atoms with van der Waals surface area (Å²) in [7, 11) is 0. The highest BCUT2D eigenvalue weighted by molar-refractivity contribution is 5.53. The monoisotopic (exact) mass is 293 g/mol. The number of ether oxygens (including phenoxy) is 1. The molecule has 0 aromatic carbocycles. The second-order valence-corrected chi connectivity index (χ2v) is 6.82. The van der Waals surface area contributed by atoms with Gasteiger partial charge in [-0.3, -0.25) is 0 Å². The molecule has 1 heterocycles. The molecule has 0 radical (unpaired) electrons. The number of nitrogens with one attached hydrogen (secondary N) is 1. The summed E-state index contributed by atoms with van der Waals surface area (Å²) in [4.78, 5) is 4.45. The summed E-state index contributed by atoms with van der Waals surface area (Å²) in [5, 5.41) is 12.7. The fourth-order valence-corrected chi connectivity index (χ4v) is 2.78. The summed E-state index contributed by atoms with van der Waals surface area (Å²) in [5.41, 5.74) is 6.13. The minimum Gasteiger partial charge on any atom is -0.470 e. The van der Waals surface area contributed by atoms with Crippen LogP contribution in [0.5, 0.6) is 5.88 Å². The smallest absolute Gasteiger partial charge is 0.239 e. The molecular weight excluding hydrogens is 266 g/mol. The third-order valence-electron chi connectivity index (χ3n) is 3.89. The number of hydrogen-bond donors (Lipinski definition) is 3. The van der Waals surface area contributed by atoms with Crippen LogP contribution in [0, 0.1) is 11.8 Å². The van der Waals surface area contributed by atoms with Gasteiger partial charge in [-0.1, -0.05) is 6.42 Å². The molecule has 1 aliphatic carbocycles. The molecule has 2 atom stereocenters. The van der Waals surface area contributed by atoms with Gasteiger partial charge >= 0.3 is 0 Å². The van der Waals surface area contributed by atoms with Crippen molar-refractivity contribution in [2.45, 2.75) is 45.6 Å². The SMILES string of the molecule is CC(C)(C)Oc1nc(NCC2CCCC2CO)ccc1N. The van der Waals surface area contributed by atoms with Crippen LogP contribution in [0.15, 0.2) is 12.1 Å². The van der Waals surface area contributed by atoms with Crippen molar-refractivity contribution in [3.63, 3.8) is 0 Å². The maximum atomic E-state index is 9.36. The van der Waals surface area contributed by atoms with Crippen LogP contribution in [0.4, 0.5) is 11.5 Å². The maximum absolute atomic E-state index is 9.36. The maximum Gasteiger partial charge on any atom is 0.239 e. The number of pyridine rings is 1. The van der Waals surface area contributed by atoms with Gasteiger partial charge < -0.3 is 20.9 Å². The lowest BCUT2D eigenvalue weighted by Crippen LogP contribution is -2.25. The number of hydrogen-bond acceptors (Lipinski definition) is 5. The average molecular weight is 293 g/mol. The summed E-state index contributed by atoms with van der Waals surface area (Å²) >= 11 is 0. The van der Waals surface area contributed by atoms with Crippen molar-refractivity contribution >= 4 is 11.5 Å². The van der Waals surface area contributed by atoms with Crippen LogP contribution >= 0.6 is 0 Å². The second kappa shape index (κ2) is 6.52. The Bertz CT molecular complexity index is 471. The first-order valence-corrected chi connectivity index (χ1v) is 7.69. The van der Waals surface area contributed by atoms with E-state index in [0.29, 0.717) is 23.4 Å². The number of nitrogens with two attached hydrogens (primary N) is 1. The molecule has 1 saturated carbocycles. The largest absolute Gasteiger partial charge is 0.470 e. The van der Waals surface area contributed by atoms with Crippen molar-refractivity contribution in [3.05, 3.63) is 12.1 Å². The van der Waals surface area contributed by atoms with Crippen LogP contribution in [0.25, 0.3) is 0 Å². The molecule has 0 bridgehead atoms. The zero-order valence-electron chi connectivity index (χ0n) is 13.2. The van der Waals surface area contributed by atoms with Crippen LogP contribution in [-0.2, 0) is 0 Å². The highest BCUT2D eigenvalue weighted by Gasteiger charge is 2.26. The lowest BCUT2D eigenvalue weighted by Gasteiger charge is -2.22. The highest BCUT2D eigenvalue weighted by Crippen LogP contribution is 2.32. The van der Waals surface area contributed by atoms with Crippen LogP contribution < -0.4 is 15.8 Å². The van der Waals surface area contributed by atoms with Crippen molar-refractivity contribution in [3.8, 4) is 5.88 Å². The van der Waals surface area contributed by atoms with E-state index >= 15 is 0 Å². The third kappa shape index (κ3) is 4.49.